The van der Waals surface area contributed by atoms with Crippen molar-refractivity contribution in [2.24, 2.45) is 0 Å². The molecule has 1 aromatic heterocycles. The SMILES string of the molecule is COc1cc(OC)c2c(=O)c(O[Si](C)(C)C(C)(C)C)c(-c3ccccc3)oc2c1. The molecule has 29 heavy (non-hydrogen) atoms. The molecule has 3 rings (SSSR count). The molecule has 0 aliphatic carbocycles. The molecule has 0 radical (unpaired) electrons. The fourth-order valence-electron chi connectivity index (χ4n) is 2.80. The molecule has 0 bridgehead atoms. The minimum atomic E-state index is -2.30. The van der Waals surface area contributed by atoms with Crippen LogP contribution in [0.25, 0.3) is 22.3 Å². The van der Waals surface area contributed by atoms with Gasteiger partial charge in [0.25, 0.3) is 8.32 Å². The molecule has 2 aromatic carbocycles. The van der Waals surface area contributed by atoms with Gasteiger partial charge in [-0.1, -0.05) is 51.1 Å². The molecule has 0 spiro atoms. The van der Waals surface area contributed by atoms with Gasteiger partial charge in [0.15, 0.2) is 11.5 Å². The average Bonchev–Trinajstić information content (AvgIpc) is 2.68. The Hall–Kier alpha value is -2.73. The van der Waals surface area contributed by atoms with Gasteiger partial charge in [-0.05, 0) is 18.1 Å². The number of benzene rings is 2. The fourth-order valence-corrected chi connectivity index (χ4v) is 3.80. The first-order valence-electron chi connectivity index (χ1n) is 9.56. The Balaban J connectivity index is 2.38. The van der Waals surface area contributed by atoms with E-state index in [1.165, 1.54) is 7.11 Å². The molecule has 5 nitrogen and oxygen atoms in total. The molecule has 154 valence electrons. The number of hydrogen-bond acceptors (Lipinski definition) is 5. The second kappa shape index (κ2) is 7.59. The molecule has 0 aliphatic heterocycles. The van der Waals surface area contributed by atoms with Crippen molar-refractivity contribution in [1.29, 1.82) is 0 Å². The van der Waals surface area contributed by atoms with Crippen molar-refractivity contribution in [3.63, 3.8) is 0 Å². The number of fused-ring (bicyclic) bond motifs is 1. The summed E-state index contributed by atoms with van der Waals surface area (Å²) in [4.78, 5) is 13.6. The second-order valence-corrected chi connectivity index (χ2v) is 13.2. The highest BCUT2D eigenvalue weighted by Crippen LogP contribution is 2.41. The highest BCUT2D eigenvalue weighted by Gasteiger charge is 2.40. The van der Waals surface area contributed by atoms with Crippen LogP contribution in [0.5, 0.6) is 17.2 Å². The predicted molar refractivity (Wildman–Crippen MR) is 119 cm³/mol. The van der Waals surface area contributed by atoms with Crippen LogP contribution in [0.15, 0.2) is 51.7 Å². The van der Waals surface area contributed by atoms with E-state index >= 15 is 0 Å². The maximum Gasteiger partial charge on any atom is 0.250 e. The molecule has 0 saturated heterocycles. The average molecular weight is 413 g/mol. The van der Waals surface area contributed by atoms with E-state index in [1.54, 1.807) is 19.2 Å². The Kier molecular flexibility index (Phi) is 5.50. The van der Waals surface area contributed by atoms with Crippen LogP contribution in [0.4, 0.5) is 0 Å². The van der Waals surface area contributed by atoms with Crippen LogP contribution in [0.2, 0.25) is 18.1 Å². The summed E-state index contributed by atoms with van der Waals surface area (Å²) in [5.41, 5.74) is 0.934. The zero-order valence-electron chi connectivity index (χ0n) is 18.1. The van der Waals surface area contributed by atoms with E-state index in [9.17, 15) is 4.79 Å². The van der Waals surface area contributed by atoms with Gasteiger partial charge in [0.2, 0.25) is 5.43 Å². The van der Waals surface area contributed by atoms with Crippen molar-refractivity contribution in [3.8, 4) is 28.6 Å². The largest absolute Gasteiger partial charge is 0.538 e. The molecule has 0 aliphatic rings. The summed E-state index contributed by atoms with van der Waals surface area (Å²) >= 11 is 0. The van der Waals surface area contributed by atoms with Gasteiger partial charge >= 0.3 is 0 Å². The quantitative estimate of drug-likeness (QED) is 0.491. The molecule has 0 fully saturated rings. The first-order chi connectivity index (χ1) is 13.6. The first-order valence-corrected chi connectivity index (χ1v) is 12.5. The summed E-state index contributed by atoms with van der Waals surface area (Å²) in [5.74, 6) is 1.60. The van der Waals surface area contributed by atoms with E-state index in [4.69, 9.17) is 18.3 Å². The Morgan fingerprint density at radius 1 is 0.966 bits per heavy atom. The maximum atomic E-state index is 13.6. The monoisotopic (exact) mass is 412 g/mol. The lowest BCUT2D eigenvalue weighted by atomic mass is 10.1. The summed E-state index contributed by atoms with van der Waals surface area (Å²) in [5, 5.41) is 0.272. The number of methoxy groups -OCH3 is 2. The lowest BCUT2D eigenvalue weighted by Crippen LogP contribution is -2.45. The zero-order valence-corrected chi connectivity index (χ0v) is 19.1. The van der Waals surface area contributed by atoms with Gasteiger partial charge in [-0.2, -0.15) is 0 Å². The van der Waals surface area contributed by atoms with Crippen molar-refractivity contribution in [2.45, 2.75) is 38.9 Å². The van der Waals surface area contributed by atoms with Crippen LogP contribution in [-0.2, 0) is 0 Å². The van der Waals surface area contributed by atoms with E-state index in [0.717, 1.165) is 5.56 Å². The lowest BCUT2D eigenvalue weighted by Gasteiger charge is -2.36. The zero-order chi connectivity index (χ0) is 21.4. The topological polar surface area (TPSA) is 57.9 Å². The molecule has 6 heteroatoms. The standard InChI is InChI=1S/C23H28O5Si/c1-23(2,3)29(6,7)28-22-20(24)19-17(26-5)13-16(25-4)14-18(19)27-21(22)15-11-9-8-10-12-15/h8-14H,1-7H3. The maximum absolute atomic E-state index is 13.6. The predicted octanol–water partition coefficient (Wildman–Crippen LogP) is 5.86. The van der Waals surface area contributed by atoms with Gasteiger partial charge in [0.1, 0.15) is 22.5 Å². The highest BCUT2D eigenvalue weighted by atomic mass is 28.4. The molecule has 0 saturated carbocycles. The number of rotatable bonds is 5. The van der Waals surface area contributed by atoms with Crippen molar-refractivity contribution in [2.75, 3.05) is 14.2 Å². The Morgan fingerprint density at radius 2 is 1.62 bits per heavy atom. The number of hydrogen-bond donors (Lipinski definition) is 0. The summed E-state index contributed by atoms with van der Waals surface area (Å²) in [6.07, 6.45) is 0. The van der Waals surface area contributed by atoms with Crippen molar-refractivity contribution >= 4 is 19.3 Å². The van der Waals surface area contributed by atoms with Gasteiger partial charge in [0, 0.05) is 17.7 Å². The van der Waals surface area contributed by atoms with Crippen molar-refractivity contribution in [1.82, 2.24) is 0 Å². The van der Waals surface area contributed by atoms with Gasteiger partial charge in [0.05, 0.1) is 14.2 Å². The third-order valence-corrected chi connectivity index (χ3v) is 9.87. The summed E-state index contributed by atoms with van der Waals surface area (Å²) in [7, 11) is 0.783. The van der Waals surface area contributed by atoms with E-state index < -0.39 is 8.32 Å². The third kappa shape index (κ3) is 3.89. The number of ether oxygens (including phenoxy) is 2. The molecule has 0 atom stereocenters. The van der Waals surface area contributed by atoms with Crippen molar-refractivity contribution < 1.29 is 18.3 Å². The molecule has 1 heterocycles. The van der Waals surface area contributed by atoms with E-state index in [0.29, 0.717) is 28.2 Å². The van der Waals surface area contributed by atoms with Crippen LogP contribution >= 0.6 is 0 Å². The molecule has 0 N–H and O–H groups in total. The van der Waals surface area contributed by atoms with Gasteiger partial charge in [-0.3, -0.25) is 4.79 Å². The van der Waals surface area contributed by atoms with Gasteiger partial charge in [-0.25, -0.2) is 0 Å². The van der Waals surface area contributed by atoms with E-state index in [1.807, 2.05) is 30.3 Å². The van der Waals surface area contributed by atoms with E-state index in [-0.39, 0.29) is 16.2 Å². The Bertz CT molecular complexity index is 1080. The van der Waals surface area contributed by atoms with Crippen LogP contribution in [0.1, 0.15) is 20.8 Å². The molecule has 3 aromatic rings. The lowest BCUT2D eigenvalue weighted by molar-refractivity contribution is 0.395. The van der Waals surface area contributed by atoms with Crippen LogP contribution in [0.3, 0.4) is 0 Å². The third-order valence-electron chi connectivity index (χ3n) is 5.55. The van der Waals surface area contributed by atoms with Gasteiger partial charge in [-0.15, -0.1) is 0 Å². The molecular weight excluding hydrogens is 384 g/mol. The fraction of sp³-hybridized carbons (Fsp3) is 0.348. The molecule has 0 unspecified atom stereocenters. The minimum absolute atomic E-state index is 0.0770. The summed E-state index contributed by atoms with van der Waals surface area (Å²) in [6.45, 7) is 10.6. The molecule has 0 amide bonds. The summed E-state index contributed by atoms with van der Waals surface area (Å²) < 4.78 is 23.5. The van der Waals surface area contributed by atoms with Crippen molar-refractivity contribution in [3.05, 3.63) is 52.7 Å². The van der Waals surface area contributed by atoms with E-state index in [2.05, 4.69) is 33.9 Å². The van der Waals surface area contributed by atoms with Crippen LogP contribution < -0.4 is 19.3 Å². The molecular formula is C23H28O5Si. The highest BCUT2D eigenvalue weighted by molar-refractivity contribution is 6.74. The Labute approximate surface area is 172 Å². The second-order valence-electron chi connectivity index (χ2n) is 8.52. The minimum Gasteiger partial charge on any atom is -0.538 e. The van der Waals surface area contributed by atoms with Crippen LogP contribution in [-0.4, -0.2) is 22.5 Å². The first kappa shape index (κ1) is 21.0. The Morgan fingerprint density at radius 3 is 2.17 bits per heavy atom. The smallest absolute Gasteiger partial charge is 0.250 e. The van der Waals surface area contributed by atoms with Gasteiger partial charge < -0.3 is 18.3 Å². The normalized spacial score (nSPS) is 12.1. The van der Waals surface area contributed by atoms with Crippen LogP contribution in [0, 0.1) is 0 Å². The summed E-state index contributed by atoms with van der Waals surface area (Å²) in [6, 6.07) is 12.9.